The normalized spacial score (nSPS) is 16.4. The summed E-state index contributed by atoms with van der Waals surface area (Å²) < 4.78 is 0. The van der Waals surface area contributed by atoms with Crippen LogP contribution in [0.5, 0.6) is 0 Å². The van der Waals surface area contributed by atoms with Crippen LogP contribution in [-0.4, -0.2) is 11.6 Å². The van der Waals surface area contributed by atoms with Crippen molar-refractivity contribution in [2.75, 3.05) is 0 Å². The molecule has 0 atom stereocenters. The van der Waals surface area contributed by atoms with E-state index in [-0.39, 0.29) is 10.6 Å². The van der Waals surface area contributed by atoms with E-state index >= 15 is 0 Å². The molecule has 0 saturated carbocycles. The van der Waals surface area contributed by atoms with Crippen molar-refractivity contribution in [3.63, 3.8) is 0 Å². The molecule has 0 aromatic heterocycles. The van der Waals surface area contributed by atoms with Crippen molar-refractivity contribution in [3.05, 3.63) is 22.3 Å². The summed E-state index contributed by atoms with van der Waals surface area (Å²) in [5.74, 6) is -1.97. The molecule has 5 heteroatoms. The van der Waals surface area contributed by atoms with Gasteiger partial charge in [-0.1, -0.05) is 11.6 Å². The van der Waals surface area contributed by atoms with Gasteiger partial charge in [0.05, 0.1) is 10.6 Å². The molecule has 62 valence electrons. The fourth-order valence-corrected chi connectivity index (χ4v) is 1.00. The van der Waals surface area contributed by atoms with Crippen molar-refractivity contribution < 1.29 is 9.59 Å². The summed E-state index contributed by atoms with van der Waals surface area (Å²) >= 11 is 5.35. The van der Waals surface area contributed by atoms with Crippen molar-refractivity contribution in [1.82, 2.24) is 0 Å². The van der Waals surface area contributed by atoms with E-state index in [0.717, 1.165) is 6.08 Å². The molecule has 0 aliphatic heterocycles. The van der Waals surface area contributed by atoms with Gasteiger partial charge in [-0.15, -0.1) is 0 Å². The molecule has 1 rings (SSSR count). The standard InChI is InChI=1S/C8HClN2O2/c9-6-1-4(2-10)5(3-11)7(12)8(6)13/h1H. The number of hydrogen-bond donors (Lipinski definition) is 0. The molecular formula is C8HClN2O2. The Morgan fingerprint density at radius 2 is 1.77 bits per heavy atom. The van der Waals surface area contributed by atoms with Gasteiger partial charge in [0.15, 0.2) is 0 Å². The number of carbonyl (C=O) groups excluding carboxylic acids is 2. The molecule has 0 saturated heterocycles. The van der Waals surface area contributed by atoms with E-state index in [1.54, 1.807) is 6.07 Å². The molecule has 0 N–H and O–H groups in total. The Morgan fingerprint density at radius 1 is 1.15 bits per heavy atom. The maximum Gasteiger partial charge on any atom is 0.246 e. The SMILES string of the molecule is N#CC1=C(C#N)C(=O)C(=O)C(Cl)=C1. The quantitative estimate of drug-likeness (QED) is 0.416. The van der Waals surface area contributed by atoms with Crippen molar-refractivity contribution in [2.45, 2.75) is 0 Å². The lowest BCUT2D eigenvalue weighted by molar-refractivity contribution is -0.131. The van der Waals surface area contributed by atoms with E-state index in [2.05, 4.69) is 0 Å². The lowest BCUT2D eigenvalue weighted by Gasteiger charge is -2.04. The topological polar surface area (TPSA) is 81.7 Å². The smallest absolute Gasteiger partial charge is 0.246 e. The maximum absolute atomic E-state index is 11.0. The highest BCUT2D eigenvalue weighted by atomic mass is 35.5. The minimum absolute atomic E-state index is 0.169. The lowest BCUT2D eigenvalue weighted by atomic mass is 9.97. The van der Waals surface area contributed by atoms with E-state index in [1.807, 2.05) is 0 Å². The van der Waals surface area contributed by atoms with Gasteiger partial charge in [-0.25, -0.2) is 0 Å². The first-order valence-electron chi connectivity index (χ1n) is 3.12. The average Bonchev–Trinajstić information content (AvgIpc) is 2.13. The number of Topliss-reactive ketones (excluding diaryl/α,β-unsaturated/α-hetero) is 2. The van der Waals surface area contributed by atoms with Gasteiger partial charge >= 0.3 is 0 Å². The van der Waals surface area contributed by atoms with Crippen molar-refractivity contribution in [3.8, 4) is 12.1 Å². The summed E-state index contributed by atoms with van der Waals surface area (Å²) in [6.07, 6.45) is 1.02. The van der Waals surface area contributed by atoms with Crippen LogP contribution in [0.25, 0.3) is 0 Å². The van der Waals surface area contributed by atoms with E-state index in [9.17, 15) is 9.59 Å². The van der Waals surface area contributed by atoms with Gasteiger partial charge in [0.25, 0.3) is 0 Å². The minimum atomic E-state index is -1.02. The highest BCUT2D eigenvalue weighted by Gasteiger charge is 2.28. The van der Waals surface area contributed by atoms with Crippen LogP contribution in [-0.2, 0) is 9.59 Å². The zero-order chi connectivity index (χ0) is 10.0. The molecule has 0 aromatic rings. The van der Waals surface area contributed by atoms with E-state index < -0.39 is 17.1 Å². The van der Waals surface area contributed by atoms with E-state index in [1.165, 1.54) is 6.07 Å². The summed E-state index contributed by atoms with van der Waals surface area (Å²) in [6.45, 7) is 0. The van der Waals surface area contributed by atoms with Crippen LogP contribution >= 0.6 is 11.6 Å². The number of halogens is 1. The first-order valence-corrected chi connectivity index (χ1v) is 3.50. The number of ketones is 2. The molecule has 0 radical (unpaired) electrons. The zero-order valence-electron chi connectivity index (χ0n) is 6.17. The number of carbonyl (C=O) groups is 2. The van der Waals surface area contributed by atoms with Crippen molar-refractivity contribution in [2.24, 2.45) is 0 Å². The Bertz CT molecular complexity index is 446. The first kappa shape index (κ1) is 9.18. The fourth-order valence-electron chi connectivity index (χ4n) is 0.808. The first-order chi connectivity index (χ1) is 6.11. The molecule has 0 heterocycles. The molecule has 1 aliphatic carbocycles. The molecule has 0 bridgehead atoms. The molecule has 4 nitrogen and oxygen atoms in total. The van der Waals surface area contributed by atoms with Crippen LogP contribution in [0.2, 0.25) is 0 Å². The second-order valence-electron chi connectivity index (χ2n) is 2.16. The minimum Gasteiger partial charge on any atom is -0.284 e. The monoisotopic (exact) mass is 192 g/mol. The maximum atomic E-state index is 11.0. The van der Waals surface area contributed by atoms with Crippen LogP contribution in [0.1, 0.15) is 0 Å². The molecule has 0 aromatic carbocycles. The Balaban J connectivity index is 3.43. The van der Waals surface area contributed by atoms with Gasteiger partial charge < -0.3 is 0 Å². The second-order valence-corrected chi connectivity index (χ2v) is 2.57. The second kappa shape index (κ2) is 3.22. The number of hydrogen-bond acceptors (Lipinski definition) is 4. The average molecular weight is 193 g/mol. The predicted octanol–water partition coefficient (Wildman–Crippen LogP) is 0.605. The summed E-state index contributed by atoms with van der Waals surface area (Å²) in [4.78, 5) is 21.9. The van der Waals surface area contributed by atoms with Gasteiger partial charge in [-0.3, -0.25) is 9.59 Å². The largest absolute Gasteiger partial charge is 0.284 e. The lowest BCUT2D eigenvalue weighted by Crippen LogP contribution is -2.20. The highest BCUT2D eigenvalue weighted by molar-refractivity contribution is 6.62. The van der Waals surface area contributed by atoms with Crippen LogP contribution < -0.4 is 0 Å². The number of nitriles is 2. The Hall–Kier alpha value is -1.91. The third-order valence-electron chi connectivity index (χ3n) is 1.42. The summed E-state index contributed by atoms with van der Waals surface area (Å²) in [5.41, 5.74) is -0.617. The van der Waals surface area contributed by atoms with Gasteiger partial charge in [0.1, 0.15) is 17.7 Å². The van der Waals surface area contributed by atoms with Crippen molar-refractivity contribution >= 4 is 23.2 Å². The van der Waals surface area contributed by atoms with Crippen LogP contribution in [0.15, 0.2) is 22.3 Å². The summed E-state index contributed by atoms with van der Waals surface area (Å²) in [7, 11) is 0. The Kier molecular flexibility index (Phi) is 2.27. The molecular weight excluding hydrogens is 192 g/mol. The fraction of sp³-hybridized carbons (Fsp3) is 0. The van der Waals surface area contributed by atoms with Crippen LogP contribution in [0.4, 0.5) is 0 Å². The van der Waals surface area contributed by atoms with Gasteiger partial charge in [0, 0.05) is 0 Å². The molecule has 0 fully saturated rings. The molecule has 0 amide bonds. The van der Waals surface area contributed by atoms with Gasteiger partial charge in [0.2, 0.25) is 11.6 Å². The highest BCUT2D eigenvalue weighted by Crippen LogP contribution is 2.19. The zero-order valence-corrected chi connectivity index (χ0v) is 6.92. The third-order valence-corrected chi connectivity index (χ3v) is 1.70. The number of nitrogens with zero attached hydrogens (tertiary/aromatic N) is 2. The van der Waals surface area contributed by atoms with Gasteiger partial charge in [-0.2, -0.15) is 10.5 Å². The Morgan fingerprint density at radius 3 is 2.23 bits per heavy atom. The molecule has 1 aliphatic rings. The van der Waals surface area contributed by atoms with Gasteiger partial charge in [-0.05, 0) is 6.08 Å². The van der Waals surface area contributed by atoms with Crippen molar-refractivity contribution in [1.29, 1.82) is 10.5 Å². The number of rotatable bonds is 0. The van der Waals surface area contributed by atoms with E-state index in [0.29, 0.717) is 0 Å². The Labute approximate surface area is 78.3 Å². The summed E-state index contributed by atoms with van der Waals surface area (Å²) in [6, 6.07) is 3.10. The van der Waals surface area contributed by atoms with Crippen LogP contribution in [0, 0.1) is 22.7 Å². The third kappa shape index (κ3) is 1.35. The molecule has 0 spiro atoms. The molecule has 13 heavy (non-hydrogen) atoms. The molecule has 0 unspecified atom stereocenters. The number of allylic oxidation sites excluding steroid dienone is 4. The summed E-state index contributed by atoms with van der Waals surface area (Å²) in [5, 5.41) is 16.6. The van der Waals surface area contributed by atoms with E-state index in [4.69, 9.17) is 22.1 Å². The van der Waals surface area contributed by atoms with Crippen LogP contribution in [0.3, 0.4) is 0 Å². The predicted molar refractivity (Wildman–Crippen MR) is 42.2 cm³/mol.